The Hall–Kier alpha value is -1.50. The summed E-state index contributed by atoms with van der Waals surface area (Å²) in [5.74, 6) is 0.325. The van der Waals surface area contributed by atoms with Crippen LogP contribution in [0.5, 0.6) is 5.75 Å². The van der Waals surface area contributed by atoms with Crippen molar-refractivity contribution in [1.29, 1.82) is 0 Å². The van der Waals surface area contributed by atoms with Gasteiger partial charge in [0.05, 0.1) is 0 Å². The molecule has 0 aliphatic heterocycles. The van der Waals surface area contributed by atoms with Gasteiger partial charge in [-0.2, -0.15) is 0 Å². The molecule has 0 saturated carbocycles. The molecule has 0 bridgehead atoms. The van der Waals surface area contributed by atoms with Crippen LogP contribution in [-0.4, -0.2) is 5.11 Å². The summed E-state index contributed by atoms with van der Waals surface area (Å²) in [5, 5.41) is 11.5. The Morgan fingerprint density at radius 1 is 0.800 bits per heavy atom. The molecule has 2 rings (SSSR count). The van der Waals surface area contributed by atoms with Crippen molar-refractivity contribution >= 4 is 10.8 Å². The van der Waals surface area contributed by atoms with Crippen molar-refractivity contribution in [3.63, 3.8) is 0 Å². The molecule has 0 aromatic heterocycles. The number of aromatic hydroxyl groups is 1. The molecule has 15 heavy (non-hydrogen) atoms. The molecule has 1 nitrogen and oxygen atoms in total. The average Bonchev–Trinajstić information content (AvgIpc) is 2.05. The van der Waals surface area contributed by atoms with E-state index in [9.17, 15) is 5.11 Å². The van der Waals surface area contributed by atoms with Gasteiger partial charge >= 0.3 is 0 Å². The third-order valence-electron chi connectivity index (χ3n) is 1.98. The summed E-state index contributed by atoms with van der Waals surface area (Å²) in [6.07, 6.45) is 0. The lowest BCUT2D eigenvalue weighted by Gasteiger charge is -1.99. The molecule has 2 aromatic carbocycles. The van der Waals surface area contributed by atoms with Crippen molar-refractivity contribution in [3.05, 3.63) is 42.0 Å². The van der Waals surface area contributed by atoms with Crippen molar-refractivity contribution in [2.75, 3.05) is 0 Å². The Morgan fingerprint density at radius 2 is 1.33 bits per heavy atom. The highest BCUT2D eigenvalue weighted by Crippen LogP contribution is 2.20. The van der Waals surface area contributed by atoms with Gasteiger partial charge in [-0.3, -0.25) is 0 Å². The second-order valence-electron chi connectivity index (χ2n) is 3.03. The van der Waals surface area contributed by atoms with Crippen molar-refractivity contribution in [2.24, 2.45) is 0 Å². The number of benzene rings is 2. The fourth-order valence-electron chi connectivity index (χ4n) is 1.35. The van der Waals surface area contributed by atoms with E-state index in [0.717, 1.165) is 5.39 Å². The van der Waals surface area contributed by atoms with E-state index in [1.807, 2.05) is 18.2 Å². The van der Waals surface area contributed by atoms with Gasteiger partial charge < -0.3 is 5.11 Å². The highest BCUT2D eigenvalue weighted by molar-refractivity contribution is 5.84. The van der Waals surface area contributed by atoms with E-state index in [1.165, 1.54) is 10.9 Å². The van der Waals surface area contributed by atoms with Gasteiger partial charge in [0, 0.05) is 0 Å². The van der Waals surface area contributed by atoms with Crippen molar-refractivity contribution in [2.45, 2.75) is 29.2 Å². The zero-order valence-corrected chi connectivity index (χ0v) is 6.91. The van der Waals surface area contributed by atoms with Crippen LogP contribution < -0.4 is 0 Å². The second-order valence-corrected chi connectivity index (χ2v) is 3.03. The van der Waals surface area contributed by atoms with E-state index in [2.05, 4.69) is 13.0 Å². The second kappa shape index (κ2) is 6.07. The first-order valence-electron chi connectivity index (χ1n) is 3.95. The summed E-state index contributed by atoms with van der Waals surface area (Å²) in [6.45, 7) is 2.06. The zero-order valence-electron chi connectivity index (χ0n) is 6.91. The number of fused-ring (bicyclic) bond motifs is 1. The molecule has 0 fully saturated rings. The summed E-state index contributed by atoms with van der Waals surface area (Å²) in [5.41, 5.74) is 1.24. The molecule has 0 radical (unpaired) electrons. The molecule has 0 saturated heterocycles. The van der Waals surface area contributed by atoms with E-state index in [0.29, 0.717) is 5.75 Å². The van der Waals surface area contributed by atoms with Gasteiger partial charge in [0.15, 0.2) is 0 Å². The lowest BCUT2D eigenvalue weighted by Crippen LogP contribution is -1.74. The normalized spacial score (nSPS) is 8.33. The average molecular weight is 206 g/mol. The fourth-order valence-corrected chi connectivity index (χ4v) is 1.35. The molecular weight excluding hydrogens is 184 g/mol. The van der Waals surface area contributed by atoms with E-state index >= 15 is 0 Å². The Bertz CT molecular complexity index is 377. The largest absolute Gasteiger partial charge is 0.508 e. The smallest absolute Gasteiger partial charge is 0.116 e. The Labute approximate surface area is 93.4 Å². The molecule has 0 unspecified atom stereocenters. The first kappa shape index (κ1) is 15.9. The van der Waals surface area contributed by atoms with E-state index < -0.39 is 0 Å². The van der Waals surface area contributed by atoms with Gasteiger partial charge in [-0.15, -0.1) is 0 Å². The summed E-state index contributed by atoms with van der Waals surface area (Å²) in [4.78, 5) is 0. The minimum Gasteiger partial charge on any atom is -0.508 e. The molecule has 1 heteroatoms. The topological polar surface area (TPSA) is 20.2 Å². The minimum absolute atomic E-state index is 0. The molecule has 0 amide bonds. The molecule has 84 valence electrons. The van der Waals surface area contributed by atoms with Crippen LogP contribution in [0, 0.1) is 6.92 Å². The van der Waals surface area contributed by atoms with Gasteiger partial charge in [-0.1, -0.05) is 52.1 Å². The quantitative estimate of drug-likeness (QED) is 0.658. The Kier molecular flexibility index (Phi) is 6.46. The van der Waals surface area contributed by atoms with Crippen LogP contribution >= 0.6 is 0 Å². The number of hydrogen-bond donors (Lipinski definition) is 1. The molecule has 2 aromatic rings. The van der Waals surface area contributed by atoms with Crippen LogP contribution in [0.25, 0.3) is 10.8 Å². The van der Waals surface area contributed by atoms with Crippen molar-refractivity contribution in [3.8, 4) is 5.75 Å². The van der Waals surface area contributed by atoms with Gasteiger partial charge in [0.25, 0.3) is 0 Å². The number of phenols is 1. The molecule has 0 aliphatic carbocycles. The van der Waals surface area contributed by atoms with Crippen LogP contribution in [0.3, 0.4) is 0 Å². The maximum Gasteiger partial charge on any atom is 0.116 e. The number of phenolic OH excluding ortho intramolecular Hbond substituents is 1. The van der Waals surface area contributed by atoms with Crippen LogP contribution in [0.4, 0.5) is 0 Å². The first-order valence-corrected chi connectivity index (χ1v) is 3.95. The van der Waals surface area contributed by atoms with Gasteiger partial charge in [0.2, 0.25) is 0 Å². The van der Waals surface area contributed by atoms with Gasteiger partial charge in [-0.25, -0.2) is 0 Å². The predicted octanol–water partition coefficient (Wildman–Crippen LogP) is 4.76. The number of rotatable bonds is 0. The summed E-state index contributed by atoms with van der Waals surface area (Å²) in [7, 11) is 0. The van der Waals surface area contributed by atoms with Gasteiger partial charge in [0.1, 0.15) is 5.75 Å². The lowest BCUT2D eigenvalue weighted by atomic mass is 10.1. The van der Waals surface area contributed by atoms with E-state index in [4.69, 9.17) is 0 Å². The van der Waals surface area contributed by atoms with Crippen LogP contribution in [0.1, 0.15) is 27.8 Å². The summed E-state index contributed by atoms with van der Waals surface area (Å²) >= 11 is 0. The highest BCUT2D eigenvalue weighted by Gasteiger charge is 1.93. The van der Waals surface area contributed by atoms with Crippen molar-refractivity contribution in [1.82, 2.24) is 0 Å². The standard InChI is InChI=1S/C11H10O.3CH4/c1-8-2-3-10-7-11(12)5-4-9(10)6-8;;;/h2-7,12H,1H3;3*1H4. The van der Waals surface area contributed by atoms with Crippen molar-refractivity contribution < 1.29 is 5.11 Å². The molecule has 0 spiro atoms. The Morgan fingerprint density at radius 3 is 2.00 bits per heavy atom. The fraction of sp³-hybridized carbons (Fsp3) is 0.286. The molecule has 0 heterocycles. The SMILES string of the molecule is C.C.C.Cc1ccc2cc(O)ccc2c1. The van der Waals surface area contributed by atoms with Crippen LogP contribution in [0.2, 0.25) is 0 Å². The molecule has 1 N–H and O–H groups in total. The molecule has 0 aliphatic rings. The number of hydrogen-bond acceptors (Lipinski definition) is 1. The molecule has 0 atom stereocenters. The zero-order chi connectivity index (χ0) is 8.55. The third-order valence-corrected chi connectivity index (χ3v) is 1.98. The van der Waals surface area contributed by atoms with E-state index in [1.54, 1.807) is 12.1 Å². The van der Waals surface area contributed by atoms with Crippen LogP contribution in [0.15, 0.2) is 36.4 Å². The summed E-state index contributed by atoms with van der Waals surface area (Å²) < 4.78 is 0. The maximum absolute atomic E-state index is 9.20. The summed E-state index contributed by atoms with van der Waals surface area (Å²) in [6, 6.07) is 11.6. The highest BCUT2D eigenvalue weighted by atomic mass is 16.3. The third kappa shape index (κ3) is 3.28. The maximum atomic E-state index is 9.20. The van der Waals surface area contributed by atoms with E-state index in [-0.39, 0.29) is 22.3 Å². The van der Waals surface area contributed by atoms with Crippen LogP contribution in [-0.2, 0) is 0 Å². The minimum atomic E-state index is 0. The molecular formula is C14H22O. The lowest BCUT2D eigenvalue weighted by molar-refractivity contribution is 0.476. The number of aryl methyl sites for hydroxylation is 1. The predicted molar refractivity (Wildman–Crippen MR) is 70.5 cm³/mol. The first-order chi connectivity index (χ1) is 5.75. The van der Waals surface area contributed by atoms with Gasteiger partial charge in [-0.05, 0) is 29.8 Å². The Balaban J connectivity index is 0. The monoisotopic (exact) mass is 206 g/mol.